The molecule has 1 saturated heterocycles. The van der Waals surface area contributed by atoms with Gasteiger partial charge in [-0.2, -0.15) is 0 Å². The quantitative estimate of drug-likeness (QED) is 0.827. The number of aryl methyl sites for hydroxylation is 1. The van der Waals surface area contributed by atoms with Gasteiger partial charge in [0.1, 0.15) is 5.75 Å². The monoisotopic (exact) mass is 386 g/mol. The molecule has 2 aromatic carbocycles. The van der Waals surface area contributed by atoms with E-state index in [0.29, 0.717) is 23.0 Å². The minimum absolute atomic E-state index is 0.000480. The molecule has 2 amide bonds. The van der Waals surface area contributed by atoms with Gasteiger partial charge in [-0.3, -0.25) is 9.59 Å². The topological polar surface area (TPSA) is 58.6 Å². The Kier molecular flexibility index (Phi) is 5.71. The molecule has 27 heavy (non-hydrogen) atoms. The Morgan fingerprint density at radius 3 is 2.70 bits per heavy atom. The Morgan fingerprint density at radius 2 is 2.00 bits per heavy atom. The minimum atomic E-state index is -0.417. The van der Waals surface area contributed by atoms with Crippen molar-refractivity contribution in [2.24, 2.45) is 5.92 Å². The average Bonchev–Trinajstić information content (AvgIpc) is 2.98. The van der Waals surface area contributed by atoms with Crippen LogP contribution in [0.3, 0.4) is 0 Å². The number of nitrogens with one attached hydrogen (secondary N) is 1. The van der Waals surface area contributed by atoms with E-state index in [0.717, 1.165) is 11.3 Å². The van der Waals surface area contributed by atoms with Gasteiger partial charge in [0.05, 0.1) is 17.7 Å². The van der Waals surface area contributed by atoms with E-state index in [1.165, 1.54) is 0 Å². The van der Waals surface area contributed by atoms with Gasteiger partial charge < -0.3 is 15.0 Å². The molecule has 1 atom stereocenters. The summed E-state index contributed by atoms with van der Waals surface area (Å²) in [6.07, 6.45) is 0.181. The minimum Gasteiger partial charge on any atom is -0.489 e. The summed E-state index contributed by atoms with van der Waals surface area (Å²) in [7, 11) is 0. The van der Waals surface area contributed by atoms with Crippen LogP contribution in [0.25, 0.3) is 0 Å². The molecule has 0 aromatic heterocycles. The molecule has 142 valence electrons. The van der Waals surface area contributed by atoms with Crippen molar-refractivity contribution in [2.45, 2.75) is 33.3 Å². The van der Waals surface area contributed by atoms with Gasteiger partial charge in [-0.1, -0.05) is 23.7 Å². The molecule has 6 heteroatoms. The predicted molar refractivity (Wildman–Crippen MR) is 107 cm³/mol. The molecule has 1 unspecified atom stereocenters. The average molecular weight is 387 g/mol. The molecule has 1 N–H and O–H groups in total. The van der Waals surface area contributed by atoms with E-state index in [4.69, 9.17) is 16.3 Å². The van der Waals surface area contributed by atoms with E-state index >= 15 is 0 Å². The molecule has 0 spiro atoms. The van der Waals surface area contributed by atoms with Crippen LogP contribution in [0.15, 0.2) is 42.5 Å². The third-order valence-electron chi connectivity index (χ3n) is 4.45. The van der Waals surface area contributed by atoms with E-state index in [9.17, 15) is 9.59 Å². The van der Waals surface area contributed by atoms with Crippen molar-refractivity contribution in [3.8, 4) is 5.75 Å². The first-order valence-electron chi connectivity index (χ1n) is 8.98. The van der Waals surface area contributed by atoms with Crippen molar-refractivity contribution in [3.63, 3.8) is 0 Å². The number of hydrogen-bond donors (Lipinski definition) is 1. The van der Waals surface area contributed by atoms with Gasteiger partial charge in [-0.25, -0.2) is 0 Å². The fourth-order valence-corrected chi connectivity index (χ4v) is 3.43. The Bertz CT molecular complexity index is 866. The highest BCUT2D eigenvalue weighted by atomic mass is 35.5. The second kappa shape index (κ2) is 8.01. The number of carbonyl (C=O) groups excluding carboxylic acids is 2. The second-order valence-corrected chi connectivity index (χ2v) is 7.42. The second-order valence-electron chi connectivity index (χ2n) is 6.99. The Morgan fingerprint density at radius 1 is 1.26 bits per heavy atom. The first-order chi connectivity index (χ1) is 12.8. The maximum Gasteiger partial charge on any atom is 0.229 e. The lowest BCUT2D eigenvalue weighted by molar-refractivity contribution is -0.122. The molecule has 0 bridgehead atoms. The zero-order chi connectivity index (χ0) is 19.6. The number of benzene rings is 2. The molecule has 2 aromatic rings. The third kappa shape index (κ3) is 4.42. The van der Waals surface area contributed by atoms with Crippen LogP contribution in [0.1, 0.15) is 25.8 Å². The number of ether oxygens (including phenoxy) is 1. The van der Waals surface area contributed by atoms with E-state index in [2.05, 4.69) is 5.32 Å². The van der Waals surface area contributed by atoms with Gasteiger partial charge in [-0.15, -0.1) is 0 Å². The first kappa shape index (κ1) is 19.2. The number of rotatable bonds is 5. The molecule has 0 aliphatic carbocycles. The van der Waals surface area contributed by atoms with Crippen molar-refractivity contribution in [1.82, 2.24) is 0 Å². The van der Waals surface area contributed by atoms with Gasteiger partial charge >= 0.3 is 0 Å². The number of hydrogen-bond acceptors (Lipinski definition) is 3. The number of para-hydroxylation sites is 2. The summed E-state index contributed by atoms with van der Waals surface area (Å²) in [6, 6.07) is 12.7. The highest BCUT2D eigenvalue weighted by Gasteiger charge is 2.36. The van der Waals surface area contributed by atoms with E-state index < -0.39 is 5.92 Å². The molecule has 1 heterocycles. The summed E-state index contributed by atoms with van der Waals surface area (Å²) >= 11 is 6.00. The lowest BCUT2D eigenvalue weighted by Crippen LogP contribution is -2.28. The summed E-state index contributed by atoms with van der Waals surface area (Å²) in [5.41, 5.74) is 2.32. The van der Waals surface area contributed by atoms with Crippen LogP contribution in [0.5, 0.6) is 5.75 Å². The van der Waals surface area contributed by atoms with Crippen LogP contribution in [0, 0.1) is 12.8 Å². The van der Waals surface area contributed by atoms with Crippen molar-refractivity contribution in [3.05, 3.63) is 53.1 Å². The zero-order valence-electron chi connectivity index (χ0n) is 15.7. The molecule has 0 radical (unpaired) electrons. The van der Waals surface area contributed by atoms with Crippen LogP contribution in [0.4, 0.5) is 11.4 Å². The predicted octanol–water partition coefficient (Wildman–Crippen LogP) is 4.43. The fraction of sp³-hybridized carbons (Fsp3) is 0.333. The third-order valence-corrected chi connectivity index (χ3v) is 4.69. The summed E-state index contributed by atoms with van der Waals surface area (Å²) in [6.45, 7) is 6.11. The molecule has 3 rings (SSSR count). The molecular formula is C21H23ClN2O3. The number of carbonyl (C=O) groups is 2. The summed E-state index contributed by atoms with van der Waals surface area (Å²) in [4.78, 5) is 26.9. The SMILES string of the molecule is Cc1cc(Cl)ccc1N1CC(C(=O)Nc2ccccc2OC(C)C)CC1=O. The number of amides is 2. The van der Waals surface area contributed by atoms with Crippen molar-refractivity contribution in [2.75, 3.05) is 16.8 Å². The number of nitrogens with zero attached hydrogens (tertiary/aromatic N) is 1. The van der Waals surface area contributed by atoms with E-state index in [1.54, 1.807) is 17.0 Å². The van der Waals surface area contributed by atoms with E-state index in [-0.39, 0.29) is 24.3 Å². The Labute approximate surface area is 164 Å². The van der Waals surface area contributed by atoms with Crippen LogP contribution < -0.4 is 15.0 Å². The van der Waals surface area contributed by atoms with Gasteiger partial charge in [0.15, 0.2) is 0 Å². The highest BCUT2D eigenvalue weighted by Crippen LogP contribution is 2.31. The highest BCUT2D eigenvalue weighted by molar-refractivity contribution is 6.30. The van der Waals surface area contributed by atoms with E-state index in [1.807, 2.05) is 51.1 Å². The molecule has 1 aliphatic rings. The van der Waals surface area contributed by atoms with Gasteiger partial charge in [0.25, 0.3) is 0 Å². The molecule has 0 saturated carbocycles. The molecular weight excluding hydrogens is 364 g/mol. The summed E-state index contributed by atoms with van der Waals surface area (Å²) in [5, 5.41) is 3.53. The van der Waals surface area contributed by atoms with Crippen LogP contribution in [-0.2, 0) is 9.59 Å². The number of halogens is 1. The van der Waals surface area contributed by atoms with Crippen LogP contribution in [0.2, 0.25) is 5.02 Å². The maximum absolute atomic E-state index is 12.7. The van der Waals surface area contributed by atoms with Crippen molar-refractivity contribution < 1.29 is 14.3 Å². The lowest BCUT2D eigenvalue weighted by Gasteiger charge is -2.19. The normalized spacial score (nSPS) is 16.7. The van der Waals surface area contributed by atoms with Gasteiger partial charge in [0.2, 0.25) is 11.8 Å². The Balaban J connectivity index is 1.73. The zero-order valence-corrected chi connectivity index (χ0v) is 16.4. The standard InChI is InChI=1S/C21H23ClN2O3/c1-13(2)27-19-7-5-4-6-17(19)23-21(26)15-11-20(25)24(12-15)18-9-8-16(22)10-14(18)3/h4-10,13,15H,11-12H2,1-3H3,(H,23,26). The van der Waals surface area contributed by atoms with Gasteiger partial charge in [-0.05, 0) is 56.7 Å². The van der Waals surface area contributed by atoms with Gasteiger partial charge in [0, 0.05) is 23.7 Å². The van der Waals surface area contributed by atoms with Crippen LogP contribution >= 0.6 is 11.6 Å². The van der Waals surface area contributed by atoms with Crippen molar-refractivity contribution in [1.29, 1.82) is 0 Å². The Hall–Kier alpha value is -2.53. The first-order valence-corrected chi connectivity index (χ1v) is 9.36. The molecule has 1 aliphatic heterocycles. The van der Waals surface area contributed by atoms with Crippen LogP contribution in [-0.4, -0.2) is 24.5 Å². The van der Waals surface area contributed by atoms with Crippen molar-refractivity contribution >= 4 is 34.8 Å². The summed E-state index contributed by atoms with van der Waals surface area (Å²) < 4.78 is 5.74. The fourth-order valence-electron chi connectivity index (χ4n) is 3.20. The number of anilines is 2. The smallest absolute Gasteiger partial charge is 0.229 e. The summed E-state index contributed by atoms with van der Waals surface area (Å²) in [5.74, 6) is -0.0418. The maximum atomic E-state index is 12.7. The molecule has 5 nitrogen and oxygen atoms in total. The largest absolute Gasteiger partial charge is 0.489 e. The molecule has 1 fully saturated rings. The lowest BCUT2D eigenvalue weighted by atomic mass is 10.1.